The lowest BCUT2D eigenvalue weighted by atomic mass is 10.3. The van der Waals surface area contributed by atoms with Crippen molar-refractivity contribution >= 4 is 27.5 Å². The molecular formula is C9H8BrF3N2O2. The van der Waals surface area contributed by atoms with Crippen molar-refractivity contribution in [1.82, 2.24) is 0 Å². The van der Waals surface area contributed by atoms with Gasteiger partial charge >= 0.3 is 6.36 Å². The van der Waals surface area contributed by atoms with Crippen LogP contribution >= 0.6 is 15.9 Å². The second-order valence-corrected chi connectivity index (χ2v) is 3.87. The lowest BCUT2D eigenvalue weighted by Crippen LogP contribution is -2.21. The third kappa shape index (κ3) is 4.94. The fourth-order valence-electron chi connectivity index (χ4n) is 1.01. The zero-order valence-corrected chi connectivity index (χ0v) is 9.93. The quantitative estimate of drug-likeness (QED) is 0.896. The van der Waals surface area contributed by atoms with E-state index < -0.39 is 12.3 Å². The largest absolute Gasteiger partial charge is 0.573 e. The van der Waals surface area contributed by atoms with E-state index in [9.17, 15) is 18.0 Å². The standard InChI is InChI=1S/C9H8BrF3N2O2/c10-6-3-5(15-4-8(14)16)1-2-7(6)17-9(11,12)13/h1-3,15H,4H2,(H2,14,16). The summed E-state index contributed by atoms with van der Waals surface area (Å²) in [5, 5.41) is 2.63. The molecule has 0 unspecified atom stereocenters. The van der Waals surface area contributed by atoms with Crippen LogP contribution in [0.15, 0.2) is 22.7 Å². The number of anilines is 1. The second kappa shape index (κ2) is 5.26. The van der Waals surface area contributed by atoms with Gasteiger partial charge in [0, 0.05) is 5.69 Å². The zero-order valence-electron chi connectivity index (χ0n) is 8.34. The van der Waals surface area contributed by atoms with Crippen LogP contribution in [-0.2, 0) is 4.79 Å². The van der Waals surface area contributed by atoms with Gasteiger partial charge < -0.3 is 15.8 Å². The van der Waals surface area contributed by atoms with Crippen LogP contribution in [0.2, 0.25) is 0 Å². The Bertz CT molecular complexity index is 423. The molecule has 1 aromatic rings. The number of alkyl halides is 3. The molecule has 0 spiro atoms. The van der Waals surface area contributed by atoms with Crippen molar-refractivity contribution in [3.63, 3.8) is 0 Å². The smallest absolute Gasteiger partial charge is 0.405 e. The molecule has 0 heterocycles. The van der Waals surface area contributed by atoms with E-state index in [0.717, 1.165) is 6.07 Å². The Kier molecular flexibility index (Phi) is 4.22. The third-order valence-electron chi connectivity index (χ3n) is 1.62. The first-order valence-electron chi connectivity index (χ1n) is 4.35. The maximum Gasteiger partial charge on any atom is 0.573 e. The number of carbonyl (C=O) groups excluding carboxylic acids is 1. The zero-order chi connectivity index (χ0) is 13.1. The Morgan fingerprint density at radius 1 is 1.47 bits per heavy atom. The van der Waals surface area contributed by atoms with Crippen LogP contribution in [0.4, 0.5) is 18.9 Å². The Hall–Kier alpha value is -1.44. The third-order valence-corrected chi connectivity index (χ3v) is 2.24. The SMILES string of the molecule is NC(=O)CNc1ccc(OC(F)(F)F)c(Br)c1. The van der Waals surface area contributed by atoms with E-state index in [1.807, 2.05) is 0 Å². The van der Waals surface area contributed by atoms with Gasteiger partial charge in [-0.15, -0.1) is 13.2 Å². The normalized spacial score (nSPS) is 11.1. The van der Waals surface area contributed by atoms with Crippen LogP contribution in [0, 0.1) is 0 Å². The molecule has 94 valence electrons. The molecule has 0 saturated carbocycles. The van der Waals surface area contributed by atoms with Gasteiger partial charge in [-0.1, -0.05) is 0 Å². The first-order chi connectivity index (χ1) is 7.78. The molecule has 0 aliphatic carbocycles. The number of nitrogens with one attached hydrogen (secondary N) is 1. The summed E-state index contributed by atoms with van der Waals surface area (Å²) in [6.45, 7) is -0.105. The van der Waals surface area contributed by atoms with E-state index in [1.165, 1.54) is 12.1 Å². The number of hydrogen-bond acceptors (Lipinski definition) is 3. The molecule has 4 nitrogen and oxygen atoms in total. The molecule has 0 saturated heterocycles. The average molecular weight is 313 g/mol. The predicted molar refractivity (Wildman–Crippen MR) is 58.5 cm³/mol. The molecule has 1 amide bonds. The van der Waals surface area contributed by atoms with Gasteiger partial charge in [0.15, 0.2) is 0 Å². The highest BCUT2D eigenvalue weighted by molar-refractivity contribution is 9.10. The summed E-state index contributed by atoms with van der Waals surface area (Å²) in [6, 6.07) is 3.82. The molecule has 0 aromatic heterocycles. The van der Waals surface area contributed by atoms with Crippen LogP contribution in [0.1, 0.15) is 0 Å². The first-order valence-corrected chi connectivity index (χ1v) is 5.15. The minimum atomic E-state index is -4.75. The van der Waals surface area contributed by atoms with Crippen LogP contribution in [0.25, 0.3) is 0 Å². The molecule has 0 radical (unpaired) electrons. The molecule has 17 heavy (non-hydrogen) atoms. The Morgan fingerprint density at radius 3 is 2.59 bits per heavy atom. The van der Waals surface area contributed by atoms with E-state index in [-0.39, 0.29) is 16.8 Å². The minimum Gasteiger partial charge on any atom is -0.405 e. The van der Waals surface area contributed by atoms with E-state index >= 15 is 0 Å². The summed E-state index contributed by atoms with van der Waals surface area (Å²) in [7, 11) is 0. The van der Waals surface area contributed by atoms with Gasteiger partial charge in [0.1, 0.15) is 5.75 Å². The van der Waals surface area contributed by atoms with Crippen LogP contribution < -0.4 is 15.8 Å². The molecule has 0 bridgehead atoms. The van der Waals surface area contributed by atoms with Crippen molar-refractivity contribution in [1.29, 1.82) is 0 Å². The number of benzene rings is 1. The number of ether oxygens (including phenoxy) is 1. The van der Waals surface area contributed by atoms with Gasteiger partial charge in [-0.05, 0) is 34.1 Å². The highest BCUT2D eigenvalue weighted by Crippen LogP contribution is 2.32. The lowest BCUT2D eigenvalue weighted by molar-refractivity contribution is -0.274. The molecule has 1 rings (SSSR count). The van der Waals surface area contributed by atoms with Gasteiger partial charge in [0.05, 0.1) is 11.0 Å². The van der Waals surface area contributed by atoms with E-state index in [0.29, 0.717) is 5.69 Å². The lowest BCUT2D eigenvalue weighted by Gasteiger charge is -2.11. The molecule has 0 fully saturated rings. The maximum absolute atomic E-state index is 12.0. The van der Waals surface area contributed by atoms with Crippen LogP contribution in [0.3, 0.4) is 0 Å². The molecule has 8 heteroatoms. The van der Waals surface area contributed by atoms with Crippen molar-refractivity contribution in [2.24, 2.45) is 5.73 Å². The predicted octanol–water partition coefficient (Wildman–Crippen LogP) is 2.24. The summed E-state index contributed by atoms with van der Waals surface area (Å²) in [6.07, 6.45) is -4.75. The van der Waals surface area contributed by atoms with Crippen LogP contribution in [-0.4, -0.2) is 18.8 Å². The van der Waals surface area contributed by atoms with Crippen molar-refractivity contribution in [2.75, 3.05) is 11.9 Å². The number of carbonyl (C=O) groups is 1. The topological polar surface area (TPSA) is 64.4 Å². The summed E-state index contributed by atoms with van der Waals surface area (Å²) >= 11 is 2.93. The van der Waals surface area contributed by atoms with E-state index in [4.69, 9.17) is 5.73 Å². The molecule has 1 aromatic carbocycles. The van der Waals surface area contributed by atoms with Gasteiger partial charge in [-0.3, -0.25) is 4.79 Å². The molecule has 0 atom stereocenters. The summed E-state index contributed by atoms with van der Waals surface area (Å²) in [5.41, 5.74) is 5.35. The van der Waals surface area contributed by atoms with Crippen LogP contribution in [0.5, 0.6) is 5.75 Å². The highest BCUT2D eigenvalue weighted by atomic mass is 79.9. The number of rotatable bonds is 4. The van der Waals surface area contributed by atoms with Crippen molar-refractivity contribution < 1.29 is 22.7 Å². The van der Waals surface area contributed by atoms with Gasteiger partial charge in [0.25, 0.3) is 0 Å². The Morgan fingerprint density at radius 2 is 2.12 bits per heavy atom. The van der Waals surface area contributed by atoms with Crippen molar-refractivity contribution in [3.05, 3.63) is 22.7 Å². The fraction of sp³-hybridized carbons (Fsp3) is 0.222. The fourth-order valence-corrected chi connectivity index (χ4v) is 1.47. The maximum atomic E-state index is 12.0. The summed E-state index contributed by atoms with van der Waals surface area (Å²) in [4.78, 5) is 10.5. The molecule has 3 N–H and O–H groups in total. The van der Waals surface area contributed by atoms with E-state index in [2.05, 4.69) is 26.0 Å². The Labute approximate surface area is 103 Å². The van der Waals surface area contributed by atoms with E-state index in [1.54, 1.807) is 0 Å². The average Bonchev–Trinajstić information content (AvgIpc) is 2.17. The summed E-state index contributed by atoms with van der Waals surface area (Å²) in [5.74, 6) is -0.932. The Balaban J connectivity index is 2.76. The number of amides is 1. The molecular weight excluding hydrogens is 305 g/mol. The van der Waals surface area contributed by atoms with Crippen molar-refractivity contribution in [2.45, 2.75) is 6.36 Å². The number of halogens is 4. The first kappa shape index (κ1) is 13.6. The van der Waals surface area contributed by atoms with Crippen molar-refractivity contribution in [3.8, 4) is 5.75 Å². The number of nitrogens with two attached hydrogens (primary N) is 1. The minimum absolute atomic E-state index is 0.105. The van der Waals surface area contributed by atoms with Gasteiger partial charge in [0.2, 0.25) is 5.91 Å². The number of primary amides is 1. The summed E-state index contributed by atoms with van der Waals surface area (Å²) < 4.78 is 39.7. The second-order valence-electron chi connectivity index (χ2n) is 3.01. The highest BCUT2D eigenvalue weighted by Gasteiger charge is 2.31. The van der Waals surface area contributed by atoms with Gasteiger partial charge in [-0.25, -0.2) is 0 Å². The number of hydrogen-bond donors (Lipinski definition) is 2. The molecule has 0 aliphatic rings. The molecule has 0 aliphatic heterocycles. The monoisotopic (exact) mass is 312 g/mol. The van der Waals surface area contributed by atoms with Gasteiger partial charge in [-0.2, -0.15) is 0 Å².